The Morgan fingerprint density at radius 1 is 1.18 bits per heavy atom. The Balaban J connectivity index is 2.00. The molecule has 7 nitrogen and oxygen atoms in total. The first-order valence-corrected chi connectivity index (χ1v) is 8.37. The lowest BCUT2D eigenvalue weighted by Crippen LogP contribution is -2.43. The maximum Gasteiger partial charge on any atom is 0.281 e. The van der Waals surface area contributed by atoms with Crippen molar-refractivity contribution >= 4 is 10.2 Å². The van der Waals surface area contributed by atoms with Crippen LogP contribution in [0, 0.1) is 0 Å². The maximum absolute atomic E-state index is 12.6. The van der Waals surface area contributed by atoms with Crippen molar-refractivity contribution in [2.75, 3.05) is 20.6 Å². The van der Waals surface area contributed by atoms with E-state index in [2.05, 4.69) is 5.10 Å². The number of fused-ring (bicyclic) bond motifs is 1. The van der Waals surface area contributed by atoms with E-state index in [0.717, 1.165) is 11.4 Å². The Bertz CT molecular complexity index is 837. The first-order valence-electron chi connectivity index (χ1n) is 6.97. The average Bonchev–Trinajstić information content (AvgIpc) is 2.84. The van der Waals surface area contributed by atoms with Crippen LogP contribution in [0.4, 0.5) is 0 Å². The van der Waals surface area contributed by atoms with Gasteiger partial charge in [-0.05, 0) is 12.1 Å². The quantitative estimate of drug-likeness (QED) is 0.884. The lowest BCUT2D eigenvalue weighted by atomic mass is 10.1. The van der Waals surface area contributed by atoms with Crippen molar-refractivity contribution in [2.24, 2.45) is 0 Å². The number of nitrogens with one attached hydrogen (secondary N) is 1. The van der Waals surface area contributed by atoms with E-state index < -0.39 is 10.2 Å². The maximum atomic E-state index is 12.6. The minimum absolute atomic E-state index is 0.102. The molecule has 0 amide bonds. The number of rotatable bonds is 3. The predicted molar refractivity (Wildman–Crippen MR) is 83.1 cm³/mol. The highest BCUT2D eigenvalue weighted by atomic mass is 32.2. The summed E-state index contributed by atoms with van der Waals surface area (Å²) in [4.78, 5) is 12.6. The molecular weight excluding hydrogens is 304 g/mol. The Hall–Kier alpha value is -1.90. The van der Waals surface area contributed by atoms with Gasteiger partial charge < -0.3 is 0 Å². The van der Waals surface area contributed by atoms with Gasteiger partial charge in [-0.1, -0.05) is 18.2 Å². The number of benzene rings is 1. The molecule has 0 fully saturated rings. The normalized spacial score (nSPS) is 16.0. The summed E-state index contributed by atoms with van der Waals surface area (Å²) < 4.78 is 28.4. The van der Waals surface area contributed by atoms with Crippen molar-refractivity contribution in [3.8, 4) is 5.69 Å². The summed E-state index contributed by atoms with van der Waals surface area (Å²) in [5, 5.41) is 3.09. The van der Waals surface area contributed by atoms with Gasteiger partial charge in [-0.15, -0.1) is 0 Å². The molecule has 1 aliphatic rings. The molecule has 22 heavy (non-hydrogen) atoms. The zero-order chi connectivity index (χ0) is 15.9. The molecule has 0 atom stereocenters. The third kappa shape index (κ3) is 2.39. The van der Waals surface area contributed by atoms with Gasteiger partial charge in [-0.3, -0.25) is 9.89 Å². The van der Waals surface area contributed by atoms with Crippen molar-refractivity contribution in [2.45, 2.75) is 13.0 Å². The van der Waals surface area contributed by atoms with Crippen LogP contribution < -0.4 is 5.56 Å². The molecule has 0 spiro atoms. The van der Waals surface area contributed by atoms with Gasteiger partial charge in [-0.25, -0.2) is 4.68 Å². The van der Waals surface area contributed by atoms with Gasteiger partial charge in [-0.2, -0.15) is 17.0 Å². The number of hydrogen-bond donors (Lipinski definition) is 1. The number of H-pyrrole nitrogens is 1. The van der Waals surface area contributed by atoms with Crippen LogP contribution in [0.3, 0.4) is 0 Å². The van der Waals surface area contributed by atoms with Crippen LogP contribution in [0.2, 0.25) is 0 Å². The number of aromatic amines is 1. The van der Waals surface area contributed by atoms with E-state index >= 15 is 0 Å². The SMILES string of the molecule is CN(C)S(=O)(=O)N1CCc2[nH]n(-c3ccccc3)c(=O)c2C1. The van der Waals surface area contributed by atoms with Gasteiger partial charge >= 0.3 is 0 Å². The van der Waals surface area contributed by atoms with Crippen molar-refractivity contribution in [3.05, 3.63) is 51.9 Å². The summed E-state index contributed by atoms with van der Waals surface area (Å²) in [5.74, 6) is 0. The lowest BCUT2D eigenvalue weighted by molar-refractivity contribution is 0.357. The van der Waals surface area contributed by atoms with Crippen LogP contribution >= 0.6 is 0 Å². The number of hydrogen-bond acceptors (Lipinski definition) is 3. The van der Waals surface area contributed by atoms with Crippen LogP contribution in [0.15, 0.2) is 35.1 Å². The number of nitrogens with zero attached hydrogens (tertiary/aromatic N) is 3. The second-order valence-corrected chi connectivity index (χ2v) is 7.56. The largest absolute Gasteiger partial charge is 0.295 e. The molecule has 0 unspecified atom stereocenters. The fourth-order valence-electron chi connectivity index (χ4n) is 2.57. The van der Waals surface area contributed by atoms with E-state index in [9.17, 15) is 13.2 Å². The molecule has 0 bridgehead atoms. The van der Waals surface area contributed by atoms with E-state index in [0.29, 0.717) is 18.5 Å². The fraction of sp³-hybridized carbons (Fsp3) is 0.357. The molecule has 0 aliphatic carbocycles. The van der Waals surface area contributed by atoms with Crippen LogP contribution in [-0.4, -0.2) is 47.4 Å². The summed E-state index contributed by atoms with van der Waals surface area (Å²) >= 11 is 0. The smallest absolute Gasteiger partial charge is 0.281 e. The highest BCUT2D eigenvalue weighted by molar-refractivity contribution is 7.86. The van der Waals surface area contributed by atoms with Gasteiger partial charge in [0.05, 0.1) is 11.3 Å². The third-order valence-electron chi connectivity index (χ3n) is 3.82. The molecule has 2 heterocycles. The summed E-state index contributed by atoms with van der Waals surface area (Å²) in [6, 6.07) is 9.24. The first kappa shape index (κ1) is 15.0. The van der Waals surface area contributed by atoms with Crippen LogP contribution in [0.1, 0.15) is 11.3 Å². The number of para-hydroxylation sites is 1. The fourth-order valence-corrected chi connectivity index (χ4v) is 3.64. The molecule has 1 aromatic carbocycles. The van der Waals surface area contributed by atoms with Crippen molar-refractivity contribution < 1.29 is 8.42 Å². The van der Waals surface area contributed by atoms with E-state index in [1.54, 1.807) is 0 Å². The van der Waals surface area contributed by atoms with Gasteiger partial charge in [0.15, 0.2) is 0 Å². The number of aromatic nitrogens is 2. The monoisotopic (exact) mass is 322 g/mol. The molecule has 0 saturated heterocycles. The summed E-state index contributed by atoms with van der Waals surface area (Å²) in [7, 11) is -0.530. The van der Waals surface area contributed by atoms with Gasteiger partial charge in [0.2, 0.25) is 0 Å². The van der Waals surface area contributed by atoms with Gasteiger partial charge in [0.1, 0.15) is 0 Å². The predicted octanol–water partition coefficient (Wildman–Crippen LogP) is 0.330. The zero-order valence-electron chi connectivity index (χ0n) is 12.5. The second kappa shape index (κ2) is 5.38. The second-order valence-electron chi connectivity index (χ2n) is 5.42. The van der Waals surface area contributed by atoms with Crippen LogP contribution in [0.5, 0.6) is 0 Å². The molecular formula is C14H18N4O3S. The highest BCUT2D eigenvalue weighted by Crippen LogP contribution is 2.19. The van der Waals surface area contributed by atoms with Crippen LogP contribution in [-0.2, 0) is 23.2 Å². The Labute approximate surface area is 128 Å². The van der Waals surface area contributed by atoms with Crippen molar-refractivity contribution in [3.63, 3.8) is 0 Å². The molecule has 118 valence electrons. The van der Waals surface area contributed by atoms with E-state index in [1.165, 1.54) is 27.4 Å². The molecule has 3 rings (SSSR count). The third-order valence-corrected chi connectivity index (χ3v) is 5.71. The standard InChI is InChI=1S/C14H18N4O3S/c1-16(2)22(20,21)17-9-8-13-12(10-17)14(19)18(15-13)11-6-4-3-5-7-11/h3-7,15H,8-10H2,1-2H3. The highest BCUT2D eigenvalue weighted by Gasteiger charge is 2.31. The summed E-state index contributed by atoms with van der Waals surface area (Å²) in [5.41, 5.74) is 1.86. The Morgan fingerprint density at radius 2 is 1.86 bits per heavy atom. The average molecular weight is 322 g/mol. The minimum Gasteiger partial charge on any atom is -0.295 e. The van der Waals surface area contributed by atoms with Crippen molar-refractivity contribution in [1.29, 1.82) is 0 Å². The molecule has 1 aliphatic heterocycles. The Kier molecular flexibility index (Phi) is 3.67. The molecule has 2 aromatic rings. The van der Waals surface area contributed by atoms with E-state index in [4.69, 9.17) is 0 Å². The minimum atomic E-state index is -3.51. The van der Waals surface area contributed by atoms with Crippen LogP contribution in [0.25, 0.3) is 5.69 Å². The Morgan fingerprint density at radius 3 is 2.50 bits per heavy atom. The van der Waals surface area contributed by atoms with E-state index in [-0.39, 0.29) is 12.1 Å². The first-order chi connectivity index (χ1) is 10.4. The van der Waals surface area contributed by atoms with Gasteiger partial charge in [0.25, 0.3) is 15.8 Å². The molecule has 0 saturated carbocycles. The van der Waals surface area contributed by atoms with Crippen molar-refractivity contribution in [1.82, 2.24) is 18.4 Å². The van der Waals surface area contributed by atoms with Gasteiger partial charge in [0, 0.05) is 39.3 Å². The summed E-state index contributed by atoms with van der Waals surface area (Å²) in [6.45, 7) is 0.466. The topological polar surface area (TPSA) is 78.4 Å². The summed E-state index contributed by atoms with van der Waals surface area (Å²) in [6.07, 6.45) is 0.497. The molecule has 1 N–H and O–H groups in total. The lowest BCUT2D eigenvalue weighted by Gasteiger charge is -2.27. The van der Waals surface area contributed by atoms with E-state index in [1.807, 2.05) is 30.3 Å². The molecule has 8 heteroatoms. The molecule has 0 radical (unpaired) electrons. The zero-order valence-corrected chi connectivity index (χ0v) is 13.3. The molecule has 1 aromatic heterocycles.